The summed E-state index contributed by atoms with van der Waals surface area (Å²) in [5.74, 6) is -1.03. The molecule has 0 aliphatic heterocycles. The predicted octanol–water partition coefficient (Wildman–Crippen LogP) is 4.06. The summed E-state index contributed by atoms with van der Waals surface area (Å²) in [6.45, 7) is 1.61. The van der Waals surface area contributed by atoms with Crippen LogP contribution in [0.2, 0.25) is 0 Å². The fourth-order valence-corrected chi connectivity index (χ4v) is 2.61. The molecule has 0 saturated heterocycles. The van der Waals surface area contributed by atoms with E-state index in [-0.39, 0.29) is 18.4 Å². The molecule has 1 aromatic rings. The number of nitrogens with one attached hydrogen (secondary N) is 1. The van der Waals surface area contributed by atoms with Gasteiger partial charge in [0.25, 0.3) is 0 Å². The van der Waals surface area contributed by atoms with Crippen LogP contribution in [0.15, 0.2) is 24.3 Å². The van der Waals surface area contributed by atoms with Crippen LogP contribution in [0.4, 0.5) is 17.6 Å². The number of benzene rings is 1. The van der Waals surface area contributed by atoms with Crippen molar-refractivity contribution in [3.63, 3.8) is 0 Å². The van der Waals surface area contributed by atoms with Crippen molar-refractivity contribution in [2.75, 3.05) is 0 Å². The van der Waals surface area contributed by atoms with Crippen molar-refractivity contribution in [3.8, 4) is 6.07 Å². The van der Waals surface area contributed by atoms with Crippen molar-refractivity contribution in [3.05, 3.63) is 35.6 Å². The van der Waals surface area contributed by atoms with E-state index < -0.39 is 35.3 Å². The van der Waals surface area contributed by atoms with Crippen LogP contribution in [0.3, 0.4) is 0 Å². The van der Waals surface area contributed by atoms with Crippen LogP contribution in [-0.4, -0.2) is 18.0 Å². The molecule has 1 fully saturated rings. The van der Waals surface area contributed by atoms with Gasteiger partial charge in [0.05, 0.1) is 17.5 Å². The SMILES string of the molecule is CC[C@H](N[C@@H](c1ccc(F)cc1)C(F)(F)F)C(=O)CC1(C#N)CC1. The minimum atomic E-state index is -4.63. The monoisotopic (exact) mass is 342 g/mol. The van der Waals surface area contributed by atoms with Crippen molar-refractivity contribution < 1.29 is 22.4 Å². The summed E-state index contributed by atoms with van der Waals surface area (Å²) in [6.07, 6.45) is -3.28. The highest BCUT2D eigenvalue weighted by atomic mass is 19.4. The number of halogens is 4. The molecule has 0 bridgehead atoms. The lowest BCUT2D eigenvalue weighted by Crippen LogP contribution is -2.44. The van der Waals surface area contributed by atoms with E-state index in [1.54, 1.807) is 6.92 Å². The van der Waals surface area contributed by atoms with Gasteiger partial charge in [0, 0.05) is 6.42 Å². The molecule has 1 saturated carbocycles. The summed E-state index contributed by atoms with van der Waals surface area (Å²) in [5, 5.41) is 11.4. The maximum absolute atomic E-state index is 13.4. The summed E-state index contributed by atoms with van der Waals surface area (Å²) in [5.41, 5.74) is -0.855. The number of rotatable bonds is 7. The molecule has 2 atom stereocenters. The van der Waals surface area contributed by atoms with E-state index in [4.69, 9.17) is 5.26 Å². The number of Topliss-reactive ketones (excluding diaryl/α,β-unsaturated/α-hetero) is 1. The Labute approximate surface area is 137 Å². The van der Waals surface area contributed by atoms with Gasteiger partial charge in [-0.25, -0.2) is 4.39 Å². The molecule has 7 heteroatoms. The first-order valence-electron chi connectivity index (χ1n) is 7.73. The maximum atomic E-state index is 13.4. The van der Waals surface area contributed by atoms with Crippen LogP contribution < -0.4 is 5.32 Å². The summed E-state index contributed by atoms with van der Waals surface area (Å²) in [7, 11) is 0. The van der Waals surface area contributed by atoms with Gasteiger partial charge in [0.1, 0.15) is 11.9 Å². The molecular weight excluding hydrogens is 324 g/mol. The molecule has 2 rings (SSSR count). The average molecular weight is 342 g/mol. The Morgan fingerprint density at radius 3 is 2.33 bits per heavy atom. The van der Waals surface area contributed by atoms with Crippen molar-refractivity contribution in [2.45, 2.75) is 50.9 Å². The molecule has 1 aliphatic rings. The Morgan fingerprint density at radius 2 is 1.92 bits per heavy atom. The number of alkyl halides is 3. The molecule has 0 unspecified atom stereocenters. The lowest BCUT2D eigenvalue weighted by Gasteiger charge is -2.27. The number of hydrogen-bond donors (Lipinski definition) is 1. The summed E-state index contributed by atoms with van der Waals surface area (Å²) in [6, 6.07) is 3.00. The topological polar surface area (TPSA) is 52.9 Å². The van der Waals surface area contributed by atoms with Gasteiger partial charge in [0.2, 0.25) is 0 Å². The van der Waals surface area contributed by atoms with E-state index in [2.05, 4.69) is 11.4 Å². The van der Waals surface area contributed by atoms with Gasteiger partial charge in [-0.3, -0.25) is 10.1 Å². The molecule has 1 N–H and O–H groups in total. The summed E-state index contributed by atoms with van der Waals surface area (Å²) in [4.78, 5) is 12.3. The van der Waals surface area contributed by atoms with Crippen LogP contribution in [0.25, 0.3) is 0 Å². The van der Waals surface area contributed by atoms with Crippen LogP contribution in [0, 0.1) is 22.6 Å². The Kier molecular flexibility index (Phi) is 5.29. The minimum Gasteiger partial charge on any atom is -0.298 e. The highest BCUT2D eigenvalue weighted by Crippen LogP contribution is 2.48. The number of hydrogen-bond acceptors (Lipinski definition) is 3. The zero-order valence-corrected chi connectivity index (χ0v) is 13.2. The second-order valence-corrected chi connectivity index (χ2v) is 6.19. The second kappa shape index (κ2) is 6.89. The van der Waals surface area contributed by atoms with Crippen LogP contribution >= 0.6 is 0 Å². The van der Waals surface area contributed by atoms with Crippen molar-refractivity contribution >= 4 is 5.78 Å². The first-order chi connectivity index (χ1) is 11.2. The number of carbonyl (C=O) groups is 1. The Balaban J connectivity index is 2.16. The minimum absolute atomic E-state index is 0.0387. The van der Waals surface area contributed by atoms with Crippen molar-refractivity contribution in [1.29, 1.82) is 5.26 Å². The first kappa shape index (κ1) is 18.4. The number of carbonyl (C=O) groups excluding carboxylic acids is 1. The normalized spacial score (nSPS) is 18.5. The van der Waals surface area contributed by atoms with Gasteiger partial charge in [0.15, 0.2) is 5.78 Å². The van der Waals surface area contributed by atoms with Gasteiger partial charge >= 0.3 is 6.18 Å². The van der Waals surface area contributed by atoms with Crippen LogP contribution in [-0.2, 0) is 4.79 Å². The molecule has 0 spiro atoms. The quantitative estimate of drug-likeness (QED) is 0.760. The molecule has 0 radical (unpaired) electrons. The first-order valence-corrected chi connectivity index (χ1v) is 7.73. The summed E-state index contributed by atoms with van der Waals surface area (Å²) >= 11 is 0. The molecule has 130 valence electrons. The Bertz CT molecular complexity index is 629. The smallest absolute Gasteiger partial charge is 0.298 e. The molecule has 24 heavy (non-hydrogen) atoms. The zero-order valence-electron chi connectivity index (χ0n) is 13.2. The van der Waals surface area contributed by atoms with Gasteiger partial charge in [-0.15, -0.1) is 0 Å². The van der Waals surface area contributed by atoms with E-state index in [9.17, 15) is 22.4 Å². The van der Waals surface area contributed by atoms with E-state index in [0.717, 1.165) is 24.3 Å². The van der Waals surface area contributed by atoms with Gasteiger partial charge < -0.3 is 0 Å². The largest absolute Gasteiger partial charge is 0.407 e. The fourth-order valence-electron chi connectivity index (χ4n) is 2.61. The molecular formula is C17H18F4N2O. The van der Waals surface area contributed by atoms with Crippen LogP contribution in [0.5, 0.6) is 0 Å². The third-order valence-corrected chi connectivity index (χ3v) is 4.30. The Morgan fingerprint density at radius 1 is 1.33 bits per heavy atom. The van der Waals surface area contributed by atoms with Crippen molar-refractivity contribution in [2.24, 2.45) is 5.41 Å². The van der Waals surface area contributed by atoms with Crippen molar-refractivity contribution in [1.82, 2.24) is 5.32 Å². The molecule has 1 aliphatic carbocycles. The van der Waals surface area contributed by atoms with Gasteiger partial charge in [-0.1, -0.05) is 19.1 Å². The molecule has 0 aromatic heterocycles. The van der Waals surface area contributed by atoms with E-state index in [1.165, 1.54) is 0 Å². The molecule has 0 heterocycles. The third-order valence-electron chi connectivity index (χ3n) is 4.30. The Hall–Kier alpha value is -1.94. The second-order valence-electron chi connectivity index (χ2n) is 6.19. The number of nitrogens with zero attached hydrogens (tertiary/aromatic N) is 1. The lowest BCUT2D eigenvalue weighted by atomic mass is 9.95. The highest BCUT2D eigenvalue weighted by Gasteiger charge is 2.47. The fraction of sp³-hybridized carbons (Fsp3) is 0.529. The third kappa shape index (κ3) is 4.32. The standard InChI is InChI=1S/C17H18F4N2O/c1-2-13(14(24)9-16(10-22)7-8-16)23-15(17(19,20)21)11-3-5-12(18)6-4-11/h3-6,13,15,23H,2,7-9H2,1H3/t13-,15-/m0/s1. The molecule has 1 aromatic carbocycles. The van der Waals surface area contributed by atoms with E-state index in [1.807, 2.05) is 0 Å². The molecule has 3 nitrogen and oxygen atoms in total. The highest BCUT2D eigenvalue weighted by molar-refractivity contribution is 5.85. The average Bonchev–Trinajstić information content (AvgIpc) is 3.28. The van der Waals surface area contributed by atoms with Gasteiger partial charge in [-0.05, 0) is 37.0 Å². The predicted molar refractivity (Wildman–Crippen MR) is 79.3 cm³/mol. The van der Waals surface area contributed by atoms with Crippen LogP contribution in [0.1, 0.15) is 44.2 Å². The number of nitriles is 1. The summed E-state index contributed by atoms with van der Waals surface area (Å²) < 4.78 is 53.0. The van der Waals surface area contributed by atoms with E-state index >= 15 is 0 Å². The maximum Gasteiger partial charge on any atom is 0.407 e. The zero-order chi connectivity index (χ0) is 18.0. The number of ketones is 1. The van der Waals surface area contributed by atoms with Gasteiger partial charge in [-0.2, -0.15) is 18.4 Å². The lowest BCUT2D eigenvalue weighted by molar-refractivity contribution is -0.160. The molecule has 0 amide bonds. The van der Waals surface area contributed by atoms with E-state index in [0.29, 0.717) is 12.8 Å².